The average molecular weight is 658 g/mol. The number of hydrogen-bond acceptors (Lipinski definition) is 10. The number of rotatable bonds is 11. The Morgan fingerprint density at radius 1 is 1.04 bits per heavy atom. The number of aliphatic hydroxyl groups excluding tert-OH is 1. The number of aryl methyl sites for hydroxylation is 1. The lowest BCUT2D eigenvalue weighted by Crippen LogP contribution is -2.29. The van der Waals surface area contributed by atoms with Gasteiger partial charge in [0.1, 0.15) is 17.6 Å². The highest BCUT2D eigenvalue weighted by atomic mass is 32.2. The molecule has 6 rings (SSSR count). The molecule has 2 aliphatic heterocycles. The molecule has 1 aromatic heterocycles. The number of amides is 1. The van der Waals surface area contributed by atoms with E-state index in [9.17, 15) is 14.7 Å². The number of hydrogen-bond donors (Lipinski definition) is 1. The standard InChI is InChI=1S/C35H35N3O6S2/c1-5-15-43-27-14-11-23(18-28(27)42-6-2)30-29(31(39)24-12-13-26-25(17-24)16-21(4)44-26)32(40)33(41)38(30)34-36-37-35(46-34)45-19-22-9-7-20(3)8-10-22/h7-14,17-18,21,30,39H,5-6,15-16,19H2,1-4H3/t21-,30+/m0/s1. The Hall–Kier alpha value is -4.35. The molecule has 1 amide bonds. The van der Waals surface area contributed by atoms with Crippen molar-refractivity contribution < 1.29 is 28.9 Å². The molecule has 0 spiro atoms. The molecular formula is C35H35N3O6S2. The third kappa shape index (κ3) is 6.34. The number of fused-ring (bicyclic) bond motifs is 1. The Bertz CT molecular complexity index is 1800. The summed E-state index contributed by atoms with van der Waals surface area (Å²) in [4.78, 5) is 28.9. The van der Waals surface area contributed by atoms with Gasteiger partial charge < -0.3 is 19.3 Å². The van der Waals surface area contributed by atoms with Gasteiger partial charge in [0.05, 0.1) is 24.8 Å². The Balaban J connectivity index is 1.42. The highest BCUT2D eigenvalue weighted by Crippen LogP contribution is 2.46. The van der Waals surface area contributed by atoms with E-state index in [4.69, 9.17) is 14.2 Å². The van der Waals surface area contributed by atoms with Gasteiger partial charge in [-0.2, -0.15) is 0 Å². The third-order valence-corrected chi connectivity index (χ3v) is 9.87. The Morgan fingerprint density at radius 3 is 2.61 bits per heavy atom. The van der Waals surface area contributed by atoms with E-state index in [1.54, 1.807) is 30.3 Å². The van der Waals surface area contributed by atoms with Crippen molar-refractivity contribution in [1.82, 2.24) is 10.2 Å². The van der Waals surface area contributed by atoms with E-state index < -0.39 is 17.7 Å². The van der Waals surface area contributed by atoms with Crippen molar-refractivity contribution in [3.63, 3.8) is 0 Å². The van der Waals surface area contributed by atoms with Gasteiger partial charge in [0.25, 0.3) is 5.78 Å². The molecule has 0 bridgehead atoms. The van der Waals surface area contributed by atoms with Crippen molar-refractivity contribution in [2.45, 2.75) is 62.8 Å². The highest BCUT2D eigenvalue weighted by molar-refractivity contribution is 8.00. The number of benzene rings is 3. The van der Waals surface area contributed by atoms with E-state index in [2.05, 4.69) is 34.5 Å². The van der Waals surface area contributed by atoms with Gasteiger partial charge in [0.15, 0.2) is 15.8 Å². The van der Waals surface area contributed by atoms with Crippen LogP contribution in [0.2, 0.25) is 0 Å². The second-order valence-corrected chi connectivity index (χ2v) is 13.4. The minimum absolute atomic E-state index is 0.0129. The zero-order valence-corrected chi connectivity index (χ0v) is 27.7. The van der Waals surface area contributed by atoms with Gasteiger partial charge in [-0.1, -0.05) is 65.9 Å². The van der Waals surface area contributed by atoms with Crippen LogP contribution in [0.5, 0.6) is 17.2 Å². The molecule has 0 aliphatic carbocycles. The molecule has 3 heterocycles. The normalized spacial score (nSPS) is 18.5. The van der Waals surface area contributed by atoms with Gasteiger partial charge in [0, 0.05) is 17.7 Å². The van der Waals surface area contributed by atoms with Crippen LogP contribution in [0.15, 0.2) is 70.6 Å². The van der Waals surface area contributed by atoms with Crippen LogP contribution in [-0.2, 0) is 21.8 Å². The van der Waals surface area contributed by atoms with Gasteiger partial charge in [0.2, 0.25) is 5.13 Å². The van der Waals surface area contributed by atoms with Crippen LogP contribution in [0.1, 0.15) is 61.1 Å². The molecule has 3 aromatic carbocycles. The van der Waals surface area contributed by atoms with E-state index in [1.165, 1.54) is 33.6 Å². The SMILES string of the molecule is CCCOc1ccc([C@@H]2C(=C(O)c3ccc4c(c3)C[C@H](C)O4)C(=O)C(=O)N2c2nnc(SCc3ccc(C)cc3)s2)cc1OCC. The molecule has 11 heteroatoms. The highest BCUT2D eigenvalue weighted by Gasteiger charge is 2.48. The summed E-state index contributed by atoms with van der Waals surface area (Å²) in [6.45, 7) is 8.80. The van der Waals surface area contributed by atoms with Gasteiger partial charge in [-0.3, -0.25) is 14.5 Å². The molecule has 2 atom stereocenters. The summed E-state index contributed by atoms with van der Waals surface area (Å²) in [5, 5.41) is 20.7. The van der Waals surface area contributed by atoms with E-state index in [0.29, 0.717) is 52.4 Å². The van der Waals surface area contributed by atoms with Crippen molar-refractivity contribution in [1.29, 1.82) is 0 Å². The monoisotopic (exact) mass is 657 g/mol. The maximum atomic E-state index is 13.8. The molecule has 1 fully saturated rings. The Labute approximate surface area is 276 Å². The zero-order valence-electron chi connectivity index (χ0n) is 26.1. The number of ketones is 1. The summed E-state index contributed by atoms with van der Waals surface area (Å²) in [7, 11) is 0. The summed E-state index contributed by atoms with van der Waals surface area (Å²) in [5.41, 5.74) is 4.20. The van der Waals surface area contributed by atoms with Gasteiger partial charge in [-0.25, -0.2) is 0 Å². The van der Waals surface area contributed by atoms with E-state index >= 15 is 0 Å². The summed E-state index contributed by atoms with van der Waals surface area (Å²) >= 11 is 2.73. The van der Waals surface area contributed by atoms with Crippen LogP contribution in [0.3, 0.4) is 0 Å². The summed E-state index contributed by atoms with van der Waals surface area (Å²) in [6, 6.07) is 17.9. The van der Waals surface area contributed by atoms with Crippen LogP contribution in [0.4, 0.5) is 5.13 Å². The first-order valence-electron chi connectivity index (χ1n) is 15.3. The number of ether oxygens (including phenoxy) is 3. The quantitative estimate of drug-likeness (QED) is 0.0585. The van der Waals surface area contributed by atoms with Gasteiger partial charge in [-0.15, -0.1) is 10.2 Å². The maximum absolute atomic E-state index is 13.8. The van der Waals surface area contributed by atoms with E-state index in [1.807, 2.05) is 33.8 Å². The molecule has 4 aromatic rings. The summed E-state index contributed by atoms with van der Waals surface area (Å²) in [6.07, 6.45) is 1.51. The topological polar surface area (TPSA) is 111 Å². The van der Waals surface area contributed by atoms with E-state index in [-0.39, 0.29) is 22.6 Å². The zero-order chi connectivity index (χ0) is 32.4. The second kappa shape index (κ2) is 13.6. The molecule has 0 radical (unpaired) electrons. The van der Waals surface area contributed by atoms with Crippen LogP contribution in [-0.4, -0.2) is 46.3 Å². The largest absolute Gasteiger partial charge is 0.507 e. The number of anilines is 1. The lowest BCUT2D eigenvalue weighted by Gasteiger charge is -2.23. The molecule has 2 aliphatic rings. The number of thioether (sulfide) groups is 1. The van der Waals surface area contributed by atoms with Crippen molar-refractivity contribution in [3.8, 4) is 17.2 Å². The first kappa shape index (κ1) is 31.6. The fraction of sp³-hybridized carbons (Fsp3) is 0.314. The van der Waals surface area contributed by atoms with Crippen molar-refractivity contribution >= 4 is 45.7 Å². The number of Topliss-reactive ketones (excluding diaryl/α,β-unsaturated/α-hetero) is 1. The molecule has 1 N–H and O–H groups in total. The lowest BCUT2D eigenvalue weighted by atomic mass is 9.94. The molecule has 1 saturated heterocycles. The fourth-order valence-electron chi connectivity index (χ4n) is 5.55. The minimum Gasteiger partial charge on any atom is -0.507 e. The average Bonchev–Trinajstić information content (AvgIpc) is 3.74. The Morgan fingerprint density at radius 2 is 1.85 bits per heavy atom. The molecule has 46 heavy (non-hydrogen) atoms. The second-order valence-electron chi connectivity index (χ2n) is 11.2. The predicted molar refractivity (Wildman–Crippen MR) is 179 cm³/mol. The van der Waals surface area contributed by atoms with Crippen molar-refractivity contribution in [2.75, 3.05) is 18.1 Å². The minimum atomic E-state index is -0.981. The summed E-state index contributed by atoms with van der Waals surface area (Å²) in [5.74, 6) is 0.596. The molecule has 0 unspecified atom stereocenters. The van der Waals surface area contributed by atoms with Crippen molar-refractivity contribution in [3.05, 3.63) is 94.1 Å². The number of aliphatic hydroxyl groups is 1. The molecule has 9 nitrogen and oxygen atoms in total. The number of carbonyl (C=O) groups is 2. The Kier molecular flexibility index (Phi) is 9.32. The summed E-state index contributed by atoms with van der Waals surface area (Å²) < 4.78 is 18.3. The number of aromatic nitrogens is 2. The van der Waals surface area contributed by atoms with Gasteiger partial charge in [-0.05, 0) is 74.2 Å². The van der Waals surface area contributed by atoms with Crippen LogP contribution in [0, 0.1) is 6.92 Å². The van der Waals surface area contributed by atoms with Crippen LogP contribution < -0.4 is 19.1 Å². The van der Waals surface area contributed by atoms with Crippen molar-refractivity contribution in [2.24, 2.45) is 0 Å². The van der Waals surface area contributed by atoms with Gasteiger partial charge >= 0.3 is 5.91 Å². The third-order valence-electron chi connectivity index (χ3n) is 7.74. The fourth-order valence-corrected chi connectivity index (χ4v) is 7.38. The van der Waals surface area contributed by atoms with E-state index in [0.717, 1.165) is 23.3 Å². The lowest BCUT2D eigenvalue weighted by molar-refractivity contribution is -0.132. The number of nitrogens with zero attached hydrogens (tertiary/aromatic N) is 3. The smallest absolute Gasteiger partial charge is 0.301 e. The number of carbonyl (C=O) groups excluding carboxylic acids is 2. The molecule has 238 valence electrons. The van der Waals surface area contributed by atoms with Crippen LogP contribution >= 0.6 is 23.1 Å². The first-order valence-corrected chi connectivity index (χ1v) is 17.1. The molecule has 0 saturated carbocycles. The van der Waals surface area contributed by atoms with Crippen LogP contribution in [0.25, 0.3) is 5.76 Å². The first-order chi connectivity index (χ1) is 22.3. The maximum Gasteiger partial charge on any atom is 0.301 e. The molecular weight excluding hydrogens is 623 g/mol. The predicted octanol–water partition coefficient (Wildman–Crippen LogP) is 7.28.